The van der Waals surface area contributed by atoms with E-state index in [0.29, 0.717) is 17.1 Å². The number of rotatable bonds is 10. The molecule has 3 aromatic rings. The smallest absolute Gasteiger partial charge is 0.251 e. The first-order valence-electron chi connectivity index (χ1n) is 10.5. The fraction of sp³-hybridized carbons (Fsp3) is 0.280. The van der Waals surface area contributed by atoms with Gasteiger partial charge in [-0.15, -0.1) is 11.3 Å². The van der Waals surface area contributed by atoms with Gasteiger partial charge in [0, 0.05) is 10.4 Å². The van der Waals surface area contributed by atoms with Crippen molar-refractivity contribution in [1.82, 2.24) is 10.6 Å². The molecule has 1 heterocycles. The predicted molar refractivity (Wildman–Crippen MR) is 127 cm³/mol. The molecule has 7 heteroatoms. The average Bonchev–Trinajstić information content (AvgIpc) is 3.36. The maximum atomic E-state index is 12.7. The van der Waals surface area contributed by atoms with Crippen molar-refractivity contribution in [3.63, 3.8) is 0 Å². The van der Waals surface area contributed by atoms with Crippen molar-refractivity contribution in [3.8, 4) is 11.5 Å². The molecule has 0 fully saturated rings. The average molecular weight is 453 g/mol. The number of ether oxygens (including phenoxy) is 2. The molecule has 0 spiro atoms. The van der Waals surface area contributed by atoms with Gasteiger partial charge in [-0.1, -0.05) is 43.7 Å². The molecule has 1 atom stereocenters. The van der Waals surface area contributed by atoms with Crippen LogP contribution in [0.5, 0.6) is 11.5 Å². The third-order valence-corrected chi connectivity index (χ3v) is 5.98. The van der Waals surface area contributed by atoms with Crippen molar-refractivity contribution in [1.29, 1.82) is 0 Å². The molecule has 2 aromatic carbocycles. The van der Waals surface area contributed by atoms with Crippen LogP contribution in [0, 0.1) is 0 Å². The number of carbonyl (C=O) groups is 2. The van der Waals surface area contributed by atoms with Crippen LogP contribution in [0.4, 0.5) is 0 Å². The maximum Gasteiger partial charge on any atom is 0.251 e. The highest BCUT2D eigenvalue weighted by molar-refractivity contribution is 7.10. The zero-order valence-corrected chi connectivity index (χ0v) is 19.3. The summed E-state index contributed by atoms with van der Waals surface area (Å²) in [5, 5.41) is 7.70. The summed E-state index contributed by atoms with van der Waals surface area (Å²) in [6.07, 6.45) is 2.11. The zero-order valence-electron chi connectivity index (χ0n) is 18.5. The highest BCUT2D eigenvalue weighted by Crippen LogP contribution is 2.28. The first-order chi connectivity index (χ1) is 15.5. The maximum absolute atomic E-state index is 12.7. The fourth-order valence-electron chi connectivity index (χ4n) is 3.39. The van der Waals surface area contributed by atoms with Crippen LogP contribution in [0.3, 0.4) is 0 Å². The lowest BCUT2D eigenvalue weighted by Crippen LogP contribution is -2.38. The molecule has 0 aliphatic carbocycles. The lowest BCUT2D eigenvalue weighted by atomic mass is 10.0. The molecule has 32 heavy (non-hydrogen) atoms. The molecule has 6 nitrogen and oxygen atoms in total. The second kappa shape index (κ2) is 11.3. The van der Waals surface area contributed by atoms with Crippen molar-refractivity contribution in [2.24, 2.45) is 0 Å². The van der Waals surface area contributed by atoms with Crippen LogP contribution in [0.2, 0.25) is 0 Å². The van der Waals surface area contributed by atoms with E-state index in [0.717, 1.165) is 23.3 Å². The summed E-state index contributed by atoms with van der Waals surface area (Å²) in [4.78, 5) is 26.2. The quantitative estimate of drug-likeness (QED) is 0.479. The standard InChI is InChI=1S/C25H28N2O4S/c1-4-6-17-8-10-18(11-9-17)24(22-7-5-14-32-22)27-23(28)16-26-25(29)19-12-13-20(30-2)21(15-19)31-3/h5,7-15,24H,4,6,16H2,1-3H3,(H,26,29)(H,27,28). The topological polar surface area (TPSA) is 76.7 Å². The lowest BCUT2D eigenvalue weighted by molar-refractivity contribution is -0.120. The zero-order chi connectivity index (χ0) is 22.9. The highest BCUT2D eigenvalue weighted by atomic mass is 32.1. The van der Waals surface area contributed by atoms with Crippen molar-refractivity contribution >= 4 is 23.2 Å². The minimum atomic E-state index is -0.363. The van der Waals surface area contributed by atoms with E-state index in [1.165, 1.54) is 19.8 Å². The van der Waals surface area contributed by atoms with Gasteiger partial charge >= 0.3 is 0 Å². The van der Waals surface area contributed by atoms with Crippen LogP contribution in [-0.2, 0) is 11.2 Å². The van der Waals surface area contributed by atoms with Crippen molar-refractivity contribution < 1.29 is 19.1 Å². The predicted octanol–water partition coefficient (Wildman–Crippen LogP) is 4.35. The first-order valence-corrected chi connectivity index (χ1v) is 11.4. The fourth-order valence-corrected chi connectivity index (χ4v) is 4.19. The highest BCUT2D eigenvalue weighted by Gasteiger charge is 2.19. The Bertz CT molecular complexity index is 1030. The number of aryl methyl sites for hydroxylation is 1. The summed E-state index contributed by atoms with van der Waals surface area (Å²) in [5.41, 5.74) is 2.67. The van der Waals surface area contributed by atoms with E-state index in [4.69, 9.17) is 9.47 Å². The van der Waals surface area contributed by atoms with Gasteiger partial charge in [0.25, 0.3) is 5.91 Å². The summed E-state index contributed by atoms with van der Waals surface area (Å²) in [6, 6.07) is 16.9. The van der Waals surface area contributed by atoms with Gasteiger partial charge in [-0.2, -0.15) is 0 Å². The normalized spacial score (nSPS) is 11.5. The van der Waals surface area contributed by atoms with Gasteiger partial charge in [0.15, 0.2) is 11.5 Å². The Balaban J connectivity index is 1.66. The molecule has 1 aromatic heterocycles. The third-order valence-electron chi connectivity index (χ3n) is 5.04. The van der Waals surface area contributed by atoms with Gasteiger partial charge in [-0.3, -0.25) is 9.59 Å². The summed E-state index contributed by atoms with van der Waals surface area (Å²) < 4.78 is 10.4. The van der Waals surface area contributed by atoms with Crippen LogP contribution in [-0.4, -0.2) is 32.6 Å². The molecule has 2 N–H and O–H groups in total. The second-order valence-corrected chi connectivity index (χ2v) is 8.24. The molecule has 2 amide bonds. The molecule has 0 bridgehead atoms. The van der Waals surface area contributed by atoms with E-state index in [1.54, 1.807) is 29.5 Å². The molecule has 0 aliphatic rings. The first kappa shape index (κ1) is 23.3. The Morgan fingerprint density at radius 2 is 1.75 bits per heavy atom. The Morgan fingerprint density at radius 3 is 2.38 bits per heavy atom. The van der Waals surface area contributed by atoms with E-state index >= 15 is 0 Å². The van der Waals surface area contributed by atoms with Gasteiger partial charge in [0.05, 0.1) is 26.8 Å². The van der Waals surface area contributed by atoms with Gasteiger partial charge in [0.1, 0.15) is 0 Å². The van der Waals surface area contributed by atoms with Crippen molar-refractivity contribution in [3.05, 3.63) is 81.5 Å². The molecule has 0 saturated heterocycles. The summed E-state index contributed by atoms with van der Waals surface area (Å²) >= 11 is 1.58. The van der Waals surface area contributed by atoms with Crippen LogP contribution in [0.15, 0.2) is 60.0 Å². The molecule has 0 aliphatic heterocycles. The van der Waals surface area contributed by atoms with Gasteiger partial charge in [-0.05, 0) is 47.2 Å². The van der Waals surface area contributed by atoms with E-state index in [-0.39, 0.29) is 24.4 Å². The molecule has 3 rings (SSSR count). The number of nitrogens with one attached hydrogen (secondary N) is 2. The Kier molecular flexibility index (Phi) is 8.27. The van der Waals surface area contributed by atoms with Crippen molar-refractivity contribution in [2.45, 2.75) is 25.8 Å². The Hall–Kier alpha value is -3.32. The van der Waals surface area contributed by atoms with E-state index in [2.05, 4.69) is 41.8 Å². The molecule has 0 saturated carbocycles. The lowest BCUT2D eigenvalue weighted by Gasteiger charge is -2.19. The number of thiophene rings is 1. The van der Waals surface area contributed by atoms with Crippen LogP contribution in [0.25, 0.3) is 0 Å². The minimum absolute atomic E-state index is 0.136. The Labute approximate surface area is 192 Å². The number of carbonyl (C=O) groups excluding carboxylic acids is 2. The third kappa shape index (κ3) is 5.88. The number of hydrogen-bond acceptors (Lipinski definition) is 5. The Morgan fingerprint density at radius 1 is 1.00 bits per heavy atom. The van der Waals surface area contributed by atoms with Crippen molar-refractivity contribution in [2.75, 3.05) is 20.8 Å². The largest absolute Gasteiger partial charge is 0.493 e. The second-order valence-electron chi connectivity index (χ2n) is 7.26. The number of amides is 2. The summed E-state index contributed by atoms with van der Waals surface area (Å²) in [5.74, 6) is 0.354. The molecule has 1 unspecified atom stereocenters. The summed E-state index contributed by atoms with van der Waals surface area (Å²) in [7, 11) is 3.04. The number of benzene rings is 2. The SMILES string of the molecule is CCCc1ccc(C(NC(=O)CNC(=O)c2ccc(OC)c(OC)c2)c2cccs2)cc1. The van der Waals surface area contributed by atoms with Gasteiger partial charge in [0.2, 0.25) is 5.91 Å². The number of methoxy groups -OCH3 is 2. The molecule has 168 valence electrons. The van der Waals surface area contributed by atoms with E-state index in [1.807, 2.05) is 17.5 Å². The minimum Gasteiger partial charge on any atom is -0.493 e. The monoisotopic (exact) mass is 452 g/mol. The van der Waals surface area contributed by atoms with Crippen LogP contribution in [0.1, 0.15) is 45.7 Å². The summed E-state index contributed by atoms with van der Waals surface area (Å²) in [6.45, 7) is 2.02. The van der Waals surface area contributed by atoms with E-state index < -0.39 is 0 Å². The van der Waals surface area contributed by atoms with Crippen LogP contribution < -0.4 is 20.1 Å². The molecular weight excluding hydrogens is 424 g/mol. The number of hydrogen-bond donors (Lipinski definition) is 2. The van der Waals surface area contributed by atoms with Gasteiger partial charge < -0.3 is 20.1 Å². The van der Waals surface area contributed by atoms with Gasteiger partial charge in [-0.25, -0.2) is 0 Å². The molecule has 0 radical (unpaired) electrons. The van der Waals surface area contributed by atoms with E-state index in [9.17, 15) is 9.59 Å². The molecular formula is C25H28N2O4S. The van der Waals surface area contributed by atoms with Crippen LogP contribution >= 0.6 is 11.3 Å².